The van der Waals surface area contributed by atoms with E-state index in [1.54, 1.807) is 0 Å². The molecular weight excluding hydrogens is 268 g/mol. The Morgan fingerprint density at radius 1 is 1.44 bits per heavy atom. The van der Waals surface area contributed by atoms with Gasteiger partial charge >= 0.3 is 0 Å². The summed E-state index contributed by atoms with van der Waals surface area (Å²) in [6.07, 6.45) is 1.94. The lowest BCUT2D eigenvalue weighted by molar-refractivity contribution is -0.121. The lowest BCUT2D eigenvalue weighted by Crippen LogP contribution is -2.26. The quantitative estimate of drug-likeness (QED) is 0.921. The number of halogens is 1. The summed E-state index contributed by atoms with van der Waals surface area (Å²) < 4.78 is 3.00. The van der Waals surface area contributed by atoms with Gasteiger partial charge in [0.05, 0.1) is 0 Å². The van der Waals surface area contributed by atoms with Gasteiger partial charge in [0.25, 0.3) is 0 Å². The third-order valence-electron chi connectivity index (χ3n) is 2.45. The van der Waals surface area contributed by atoms with Crippen LogP contribution >= 0.6 is 15.9 Å². The van der Waals surface area contributed by atoms with Gasteiger partial charge < -0.3 is 9.88 Å². The van der Waals surface area contributed by atoms with Crippen molar-refractivity contribution in [3.63, 3.8) is 0 Å². The molecule has 1 amide bonds. The van der Waals surface area contributed by atoms with Crippen LogP contribution in [-0.4, -0.2) is 17.0 Å². The second-order valence-corrected chi connectivity index (χ2v) is 4.42. The number of fused-ring (bicyclic) bond motifs is 1. The zero-order valence-electron chi connectivity index (χ0n) is 9.03. The molecule has 2 aromatic rings. The number of nitrogens with zero attached hydrogens (tertiary/aromatic N) is 1. The molecule has 0 aliphatic heterocycles. The number of likely N-dealkylation sites (N-methyl/N-ethyl adjacent to an activating group) is 1. The number of hydrogen-bond donors (Lipinski definition) is 1. The molecule has 0 aliphatic rings. The summed E-state index contributed by atoms with van der Waals surface area (Å²) in [5.74, 6) is 0.0416. The standard InChI is InChI=1S/C12H13BrN2O/c1-2-14-12(16)8-15-7-6-9-10(13)4-3-5-11(9)15/h3-7H,2,8H2,1H3,(H,14,16). The molecule has 0 radical (unpaired) electrons. The molecule has 0 aliphatic carbocycles. The van der Waals surface area contributed by atoms with Crippen LogP contribution in [0.5, 0.6) is 0 Å². The first kappa shape index (κ1) is 11.2. The average Bonchev–Trinajstić information content (AvgIpc) is 2.64. The summed E-state index contributed by atoms with van der Waals surface area (Å²) in [4.78, 5) is 11.5. The molecule has 0 atom stereocenters. The first-order valence-corrected chi connectivity index (χ1v) is 6.01. The van der Waals surface area contributed by atoms with Gasteiger partial charge in [-0.1, -0.05) is 22.0 Å². The van der Waals surface area contributed by atoms with Crippen LogP contribution in [0.1, 0.15) is 6.92 Å². The van der Waals surface area contributed by atoms with Crippen LogP contribution in [0.15, 0.2) is 34.9 Å². The Hall–Kier alpha value is -1.29. The molecule has 3 nitrogen and oxygen atoms in total. The molecule has 4 heteroatoms. The smallest absolute Gasteiger partial charge is 0.239 e. The normalized spacial score (nSPS) is 10.6. The first-order valence-electron chi connectivity index (χ1n) is 5.22. The monoisotopic (exact) mass is 280 g/mol. The van der Waals surface area contributed by atoms with Gasteiger partial charge in [-0.05, 0) is 25.1 Å². The molecular formula is C12H13BrN2O. The van der Waals surface area contributed by atoms with E-state index < -0.39 is 0 Å². The molecule has 0 saturated heterocycles. The summed E-state index contributed by atoms with van der Waals surface area (Å²) in [7, 11) is 0. The second kappa shape index (κ2) is 4.70. The van der Waals surface area contributed by atoms with Gasteiger partial charge in [0.15, 0.2) is 0 Å². The average molecular weight is 281 g/mol. The summed E-state index contributed by atoms with van der Waals surface area (Å²) in [5.41, 5.74) is 1.07. The van der Waals surface area contributed by atoms with Crippen molar-refractivity contribution in [2.75, 3.05) is 6.54 Å². The van der Waals surface area contributed by atoms with Crippen molar-refractivity contribution in [2.45, 2.75) is 13.5 Å². The van der Waals surface area contributed by atoms with E-state index in [1.165, 1.54) is 0 Å². The van der Waals surface area contributed by atoms with E-state index in [9.17, 15) is 4.79 Å². The number of carbonyl (C=O) groups is 1. The Balaban J connectivity index is 2.32. The maximum atomic E-state index is 11.5. The van der Waals surface area contributed by atoms with Crippen molar-refractivity contribution in [1.29, 1.82) is 0 Å². The van der Waals surface area contributed by atoms with Crippen LogP contribution < -0.4 is 5.32 Å². The van der Waals surface area contributed by atoms with Gasteiger partial charge in [0.2, 0.25) is 5.91 Å². The van der Waals surface area contributed by atoms with E-state index in [-0.39, 0.29) is 5.91 Å². The number of benzene rings is 1. The highest BCUT2D eigenvalue weighted by Gasteiger charge is 2.06. The molecule has 84 valence electrons. The number of aromatic nitrogens is 1. The fraction of sp³-hybridized carbons (Fsp3) is 0.250. The van der Waals surface area contributed by atoms with Crippen LogP contribution in [-0.2, 0) is 11.3 Å². The van der Waals surface area contributed by atoms with Crippen molar-refractivity contribution in [1.82, 2.24) is 9.88 Å². The maximum absolute atomic E-state index is 11.5. The topological polar surface area (TPSA) is 34.0 Å². The highest BCUT2D eigenvalue weighted by molar-refractivity contribution is 9.10. The van der Waals surface area contributed by atoms with Crippen LogP contribution in [0.3, 0.4) is 0 Å². The first-order chi connectivity index (χ1) is 7.72. The molecule has 0 fully saturated rings. The minimum Gasteiger partial charge on any atom is -0.355 e. The third kappa shape index (κ3) is 2.11. The van der Waals surface area contributed by atoms with Crippen LogP contribution in [0.2, 0.25) is 0 Å². The molecule has 0 unspecified atom stereocenters. The summed E-state index contributed by atoms with van der Waals surface area (Å²) in [5, 5.41) is 3.92. The van der Waals surface area contributed by atoms with Crippen LogP contribution in [0.4, 0.5) is 0 Å². The predicted molar refractivity (Wildman–Crippen MR) is 68.3 cm³/mol. The van der Waals surface area contributed by atoms with Crippen LogP contribution in [0, 0.1) is 0 Å². The minimum atomic E-state index is 0.0416. The zero-order chi connectivity index (χ0) is 11.5. The molecule has 0 bridgehead atoms. The van der Waals surface area contributed by atoms with E-state index in [1.807, 2.05) is 42.0 Å². The molecule has 1 aromatic carbocycles. The molecule has 0 saturated carbocycles. The van der Waals surface area contributed by atoms with E-state index in [2.05, 4.69) is 21.2 Å². The fourth-order valence-corrected chi connectivity index (χ4v) is 2.22. The van der Waals surface area contributed by atoms with Crippen molar-refractivity contribution in [3.8, 4) is 0 Å². The molecule has 16 heavy (non-hydrogen) atoms. The third-order valence-corrected chi connectivity index (χ3v) is 3.14. The summed E-state index contributed by atoms with van der Waals surface area (Å²) >= 11 is 3.49. The van der Waals surface area contributed by atoms with Gasteiger partial charge in [-0.3, -0.25) is 4.79 Å². The highest BCUT2D eigenvalue weighted by Crippen LogP contribution is 2.24. The Morgan fingerprint density at radius 3 is 3.00 bits per heavy atom. The van der Waals surface area contributed by atoms with Crippen LogP contribution in [0.25, 0.3) is 10.9 Å². The van der Waals surface area contributed by atoms with Gasteiger partial charge in [-0.25, -0.2) is 0 Å². The minimum absolute atomic E-state index is 0.0416. The number of rotatable bonds is 3. The fourth-order valence-electron chi connectivity index (χ4n) is 1.73. The predicted octanol–water partition coefficient (Wildman–Crippen LogP) is 2.54. The SMILES string of the molecule is CCNC(=O)Cn1ccc2c(Br)cccc21. The maximum Gasteiger partial charge on any atom is 0.239 e. The molecule has 1 aromatic heterocycles. The van der Waals surface area contributed by atoms with Crippen molar-refractivity contribution in [3.05, 3.63) is 34.9 Å². The lowest BCUT2D eigenvalue weighted by atomic mass is 10.2. The number of amides is 1. The van der Waals surface area contributed by atoms with Crippen molar-refractivity contribution in [2.24, 2.45) is 0 Å². The lowest BCUT2D eigenvalue weighted by Gasteiger charge is -2.05. The van der Waals surface area contributed by atoms with E-state index >= 15 is 0 Å². The van der Waals surface area contributed by atoms with E-state index in [4.69, 9.17) is 0 Å². The summed E-state index contributed by atoms with van der Waals surface area (Å²) in [6.45, 7) is 2.96. The van der Waals surface area contributed by atoms with Gasteiger partial charge in [-0.15, -0.1) is 0 Å². The van der Waals surface area contributed by atoms with Gasteiger partial charge in [0, 0.05) is 28.1 Å². The molecule has 1 heterocycles. The Morgan fingerprint density at radius 2 is 2.25 bits per heavy atom. The van der Waals surface area contributed by atoms with Gasteiger partial charge in [-0.2, -0.15) is 0 Å². The highest BCUT2D eigenvalue weighted by atomic mass is 79.9. The van der Waals surface area contributed by atoms with Crippen molar-refractivity contribution < 1.29 is 4.79 Å². The van der Waals surface area contributed by atoms with E-state index in [0.29, 0.717) is 13.1 Å². The largest absolute Gasteiger partial charge is 0.355 e. The second-order valence-electron chi connectivity index (χ2n) is 3.57. The molecule has 1 N–H and O–H groups in total. The number of carbonyl (C=O) groups excluding carboxylic acids is 1. The van der Waals surface area contributed by atoms with E-state index in [0.717, 1.165) is 15.4 Å². The Labute approximate surface area is 103 Å². The number of nitrogens with one attached hydrogen (secondary N) is 1. The summed E-state index contributed by atoms with van der Waals surface area (Å²) in [6, 6.07) is 8.00. The van der Waals surface area contributed by atoms with Gasteiger partial charge in [0.1, 0.15) is 6.54 Å². The number of hydrogen-bond acceptors (Lipinski definition) is 1. The Bertz CT molecular complexity index is 519. The molecule has 2 rings (SSSR count). The zero-order valence-corrected chi connectivity index (χ0v) is 10.6. The van der Waals surface area contributed by atoms with Crippen molar-refractivity contribution >= 4 is 32.7 Å². The Kier molecular flexibility index (Phi) is 3.29. The molecule has 0 spiro atoms.